The summed E-state index contributed by atoms with van der Waals surface area (Å²) in [5.41, 5.74) is 2.26. The zero-order valence-electron chi connectivity index (χ0n) is 14.7. The van der Waals surface area contributed by atoms with Crippen LogP contribution in [0.2, 0.25) is 0 Å². The topological polar surface area (TPSA) is 58.6 Å². The normalized spacial score (nSPS) is 10.2. The second-order valence-electron chi connectivity index (χ2n) is 5.82. The molecule has 0 unspecified atom stereocenters. The summed E-state index contributed by atoms with van der Waals surface area (Å²) in [5, 5.41) is 2.78. The van der Waals surface area contributed by atoms with Gasteiger partial charge in [0.05, 0.1) is 0 Å². The van der Waals surface area contributed by atoms with Crippen molar-refractivity contribution in [1.82, 2.24) is 10.2 Å². The molecule has 2 aromatic rings. The van der Waals surface area contributed by atoms with E-state index < -0.39 is 0 Å². The van der Waals surface area contributed by atoms with Crippen LogP contribution in [-0.2, 0) is 16.1 Å². The van der Waals surface area contributed by atoms with E-state index in [1.165, 1.54) is 0 Å². The lowest BCUT2D eigenvalue weighted by Crippen LogP contribution is -2.38. The van der Waals surface area contributed by atoms with Crippen LogP contribution in [0.3, 0.4) is 0 Å². The molecule has 5 heteroatoms. The molecule has 2 rings (SSSR count). The highest BCUT2D eigenvalue weighted by molar-refractivity contribution is 5.77. The summed E-state index contributed by atoms with van der Waals surface area (Å²) in [6, 6.07) is 17.2. The smallest absolute Gasteiger partial charge is 0.258 e. The van der Waals surface area contributed by atoms with Crippen molar-refractivity contribution >= 4 is 11.8 Å². The summed E-state index contributed by atoms with van der Waals surface area (Å²) < 4.78 is 5.39. The predicted molar refractivity (Wildman–Crippen MR) is 97.2 cm³/mol. The molecule has 0 bridgehead atoms. The molecule has 0 aliphatic carbocycles. The van der Waals surface area contributed by atoms with Gasteiger partial charge >= 0.3 is 0 Å². The fourth-order valence-electron chi connectivity index (χ4n) is 2.39. The predicted octanol–water partition coefficient (Wildman–Crippen LogP) is 2.54. The quantitative estimate of drug-likeness (QED) is 0.803. The van der Waals surface area contributed by atoms with E-state index in [-0.39, 0.29) is 18.4 Å². The van der Waals surface area contributed by atoms with Crippen molar-refractivity contribution in [2.75, 3.05) is 19.7 Å². The zero-order valence-corrected chi connectivity index (χ0v) is 14.7. The molecule has 0 aromatic heterocycles. The largest absolute Gasteiger partial charge is 0.484 e. The van der Waals surface area contributed by atoms with Gasteiger partial charge < -0.3 is 15.0 Å². The highest BCUT2D eigenvalue weighted by atomic mass is 16.5. The van der Waals surface area contributed by atoms with Gasteiger partial charge in [-0.15, -0.1) is 0 Å². The first-order valence-corrected chi connectivity index (χ1v) is 8.31. The third kappa shape index (κ3) is 6.30. The van der Waals surface area contributed by atoms with Crippen LogP contribution in [-0.4, -0.2) is 36.4 Å². The second-order valence-corrected chi connectivity index (χ2v) is 5.82. The molecule has 132 valence electrons. The number of rotatable bonds is 8. The van der Waals surface area contributed by atoms with Crippen molar-refractivity contribution in [3.8, 4) is 5.75 Å². The molecule has 0 heterocycles. The molecule has 0 radical (unpaired) electrons. The van der Waals surface area contributed by atoms with E-state index in [1.807, 2.05) is 49.4 Å². The van der Waals surface area contributed by atoms with E-state index in [1.54, 1.807) is 24.0 Å². The van der Waals surface area contributed by atoms with Crippen LogP contribution < -0.4 is 10.1 Å². The Morgan fingerprint density at radius 2 is 1.72 bits per heavy atom. The van der Waals surface area contributed by atoms with Crippen LogP contribution in [0.5, 0.6) is 5.75 Å². The number of nitrogens with zero attached hydrogens (tertiary/aromatic N) is 1. The minimum atomic E-state index is -0.205. The first-order valence-electron chi connectivity index (χ1n) is 8.31. The zero-order chi connectivity index (χ0) is 18.1. The Morgan fingerprint density at radius 1 is 1.04 bits per heavy atom. The van der Waals surface area contributed by atoms with Crippen molar-refractivity contribution in [3.63, 3.8) is 0 Å². The molecule has 0 aliphatic rings. The summed E-state index contributed by atoms with van der Waals surface area (Å²) in [6.45, 7) is 4.92. The highest BCUT2D eigenvalue weighted by Gasteiger charge is 2.11. The van der Waals surface area contributed by atoms with Gasteiger partial charge in [-0.1, -0.05) is 42.5 Å². The molecule has 0 atom stereocenters. The van der Waals surface area contributed by atoms with Crippen LogP contribution >= 0.6 is 0 Å². The Kier molecular flexibility index (Phi) is 7.01. The summed E-state index contributed by atoms with van der Waals surface area (Å²) in [5.74, 6) is 0.434. The van der Waals surface area contributed by atoms with Crippen LogP contribution in [0.1, 0.15) is 18.1 Å². The third-order valence-corrected chi connectivity index (χ3v) is 3.88. The van der Waals surface area contributed by atoms with E-state index in [9.17, 15) is 9.59 Å². The van der Waals surface area contributed by atoms with Gasteiger partial charge in [-0.3, -0.25) is 9.59 Å². The van der Waals surface area contributed by atoms with Crippen molar-refractivity contribution in [3.05, 3.63) is 65.7 Å². The lowest BCUT2D eigenvalue weighted by Gasteiger charge is -2.22. The fourth-order valence-corrected chi connectivity index (χ4v) is 2.39. The van der Waals surface area contributed by atoms with E-state index in [4.69, 9.17) is 4.74 Å². The number of amides is 2. The van der Waals surface area contributed by atoms with Crippen molar-refractivity contribution in [1.29, 1.82) is 0 Å². The Morgan fingerprint density at radius 3 is 2.40 bits per heavy atom. The SMILES string of the molecule is CC(=O)N(CCNC(=O)COc1ccccc1)Cc1ccccc1C. The molecule has 2 aromatic carbocycles. The number of aryl methyl sites for hydroxylation is 1. The first-order chi connectivity index (χ1) is 12.1. The Hall–Kier alpha value is -2.82. The Bertz CT molecular complexity index is 701. The lowest BCUT2D eigenvalue weighted by molar-refractivity contribution is -0.130. The van der Waals surface area contributed by atoms with Crippen LogP contribution in [0.15, 0.2) is 54.6 Å². The molecule has 5 nitrogen and oxygen atoms in total. The van der Waals surface area contributed by atoms with Crippen molar-refractivity contribution in [2.45, 2.75) is 20.4 Å². The Balaban J connectivity index is 1.76. The van der Waals surface area contributed by atoms with E-state index in [2.05, 4.69) is 5.32 Å². The average Bonchev–Trinajstić information content (AvgIpc) is 2.61. The summed E-state index contributed by atoms with van der Waals surface area (Å²) in [7, 11) is 0. The van der Waals surface area contributed by atoms with E-state index in [0.29, 0.717) is 25.4 Å². The minimum Gasteiger partial charge on any atom is -0.484 e. The maximum Gasteiger partial charge on any atom is 0.258 e. The maximum atomic E-state index is 11.8. The van der Waals surface area contributed by atoms with Gasteiger partial charge in [0.25, 0.3) is 5.91 Å². The molecule has 25 heavy (non-hydrogen) atoms. The third-order valence-electron chi connectivity index (χ3n) is 3.88. The van der Waals surface area contributed by atoms with Gasteiger partial charge in [-0.2, -0.15) is 0 Å². The minimum absolute atomic E-state index is 0.0157. The average molecular weight is 340 g/mol. The van der Waals surface area contributed by atoms with E-state index >= 15 is 0 Å². The molecule has 0 saturated carbocycles. The molecule has 0 aliphatic heterocycles. The molecule has 0 fully saturated rings. The van der Waals surface area contributed by atoms with Gasteiger partial charge in [-0.05, 0) is 30.2 Å². The van der Waals surface area contributed by atoms with Crippen molar-refractivity contribution in [2.24, 2.45) is 0 Å². The summed E-state index contributed by atoms with van der Waals surface area (Å²) in [4.78, 5) is 25.4. The molecule has 0 saturated heterocycles. The van der Waals surface area contributed by atoms with Crippen LogP contribution in [0.25, 0.3) is 0 Å². The molecular weight excluding hydrogens is 316 g/mol. The molecule has 0 spiro atoms. The number of para-hydroxylation sites is 1. The number of hydrogen-bond acceptors (Lipinski definition) is 3. The molecular formula is C20H24N2O3. The molecule has 1 N–H and O–H groups in total. The second kappa shape index (κ2) is 9.47. The number of hydrogen-bond donors (Lipinski definition) is 1. The maximum absolute atomic E-state index is 11.8. The summed E-state index contributed by atoms with van der Waals surface area (Å²) in [6.07, 6.45) is 0. The number of carbonyl (C=O) groups is 2. The molecule has 2 amide bonds. The van der Waals surface area contributed by atoms with Crippen molar-refractivity contribution < 1.29 is 14.3 Å². The summed E-state index contributed by atoms with van der Waals surface area (Å²) >= 11 is 0. The van der Waals surface area contributed by atoms with Crippen LogP contribution in [0.4, 0.5) is 0 Å². The highest BCUT2D eigenvalue weighted by Crippen LogP contribution is 2.10. The van der Waals surface area contributed by atoms with Gasteiger partial charge in [-0.25, -0.2) is 0 Å². The Labute approximate surface area is 148 Å². The number of nitrogens with one attached hydrogen (secondary N) is 1. The number of carbonyl (C=O) groups excluding carboxylic acids is 2. The first kappa shape index (κ1) is 18.5. The number of benzene rings is 2. The van der Waals surface area contributed by atoms with Gasteiger partial charge in [0.15, 0.2) is 6.61 Å². The van der Waals surface area contributed by atoms with Gasteiger partial charge in [0.2, 0.25) is 5.91 Å². The van der Waals surface area contributed by atoms with E-state index in [0.717, 1.165) is 11.1 Å². The monoisotopic (exact) mass is 340 g/mol. The fraction of sp³-hybridized carbons (Fsp3) is 0.300. The van der Waals surface area contributed by atoms with Gasteiger partial charge in [0, 0.05) is 26.6 Å². The van der Waals surface area contributed by atoms with Crippen LogP contribution in [0, 0.1) is 6.92 Å². The number of ether oxygens (including phenoxy) is 1. The lowest BCUT2D eigenvalue weighted by atomic mass is 10.1. The standard InChI is InChI=1S/C20H24N2O3/c1-16-8-6-7-9-18(16)14-22(17(2)23)13-12-21-20(24)15-25-19-10-4-3-5-11-19/h3-11H,12-15H2,1-2H3,(H,21,24). The van der Waals surface area contributed by atoms with Gasteiger partial charge in [0.1, 0.15) is 5.75 Å².